The first-order valence-electron chi connectivity index (χ1n) is 8.82. The number of carbonyl (C=O) groups is 1. The monoisotopic (exact) mass is 431 g/mol. The summed E-state index contributed by atoms with van der Waals surface area (Å²) in [4.78, 5) is 21.5. The lowest BCUT2D eigenvalue weighted by Gasteiger charge is -2.14. The Labute approximate surface area is 173 Å². The number of sulfonamides is 1. The van der Waals surface area contributed by atoms with Gasteiger partial charge in [-0.2, -0.15) is 5.10 Å². The molecule has 0 saturated carbocycles. The van der Waals surface area contributed by atoms with Gasteiger partial charge in [0, 0.05) is 18.2 Å². The maximum absolute atomic E-state index is 12.5. The zero-order valence-electron chi connectivity index (χ0n) is 16.6. The van der Waals surface area contributed by atoms with Crippen LogP contribution in [0.5, 0.6) is 5.75 Å². The number of aromatic nitrogens is 3. The summed E-state index contributed by atoms with van der Waals surface area (Å²) in [5, 5.41) is 9.60. The van der Waals surface area contributed by atoms with Crippen molar-refractivity contribution in [2.75, 3.05) is 21.3 Å². The van der Waals surface area contributed by atoms with Crippen LogP contribution in [0.3, 0.4) is 0 Å². The van der Waals surface area contributed by atoms with Crippen LogP contribution in [0.15, 0.2) is 53.4 Å². The van der Waals surface area contributed by atoms with Crippen LogP contribution in [0.25, 0.3) is 11.4 Å². The maximum Gasteiger partial charge on any atom is 0.264 e. The van der Waals surface area contributed by atoms with Gasteiger partial charge in [0.25, 0.3) is 15.9 Å². The number of nitrogens with zero attached hydrogens (tertiary/aromatic N) is 3. The molecule has 0 aliphatic heterocycles. The smallest absolute Gasteiger partial charge is 0.264 e. The number of aromatic amines is 1. The van der Waals surface area contributed by atoms with E-state index in [1.807, 2.05) is 12.1 Å². The Morgan fingerprint density at radius 3 is 2.57 bits per heavy atom. The van der Waals surface area contributed by atoms with Crippen LogP contribution in [0.2, 0.25) is 0 Å². The summed E-state index contributed by atoms with van der Waals surface area (Å²) in [6.07, 6.45) is 0. The molecule has 10 nitrogen and oxygen atoms in total. The van der Waals surface area contributed by atoms with Crippen molar-refractivity contribution in [2.45, 2.75) is 11.4 Å². The molecule has 11 heteroatoms. The Hall–Kier alpha value is -3.28. The van der Waals surface area contributed by atoms with E-state index in [9.17, 15) is 13.2 Å². The minimum Gasteiger partial charge on any atom is -0.497 e. The molecule has 0 atom stereocenters. The van der Waals surface area contributed by atoms with Gasteiger partial charge in [-0.3, -0.25) is 14.7 Å². The summed E-state index contributed by atoms with van der Waals surface area (Å²) in [6, 6.07) is 12.9. The number of hydrogen-bond acceptors (Lipinski definition) is 7. The van der Waals surface area contributed by atoms with Crippen molar-refractivity contribution in [2.24, 2.45) is 0 Å². The molecule has 0 radical (unpaired) electrons. The fourth-order valence-corrected chi connectivity index (χ4v) is 3.57. The number of rotatable bonds is 8. The first kappa shape index (κ1) is 21.4. The maximum atomic E-state index is 12.5. The van der Waals surface area contributed by atoms with E-state index in [-0.39, 0.29) is 17.0 Å². The summed E-state index contributed by atoms with van der Waals surface area (Å²) >= 11 is 0. The molecule has 2 aromatic carbocycles. The van der Waals surface area contributed by atoms with Gasteiger partial charge in [-0.25, -0.2) is 13.4 Å². The summed E-state index contributed by atoms with van der Waals surface area (Å²) in [7, 11) is 0.248. The van der Waals surface area contributed by atoms with E-state index >= 15 is 0 Å². The molecule has 1 heterocycles. The van der Waals surface area contributed by atoms with E-state index in [0.717, 1.165) is 15.8 Å². The average molecular weight is 431 g/mol. The molecule has 0 aliphatic rings. The van der Waals surface area contributed by atoms with Crippen molar-refractivity contribution in [3.8, 4) is 17.1 Å². The third-order valence-corrected chi connectivity index (χ3v) is 5.96. The molecule has 0 fully saturated rings. The van der Waals surface area contributed by atoms with Crippen molar-refractivity contribution in [3.63, 3.8) is 0 Å². The second kappa shape index (κ2) is 9.03. The van der Waals surface area contributed by atoms with Gasteiger partial charge in [0.15, 0.2) is 5.82 Å². The van der Waals surface area contributed by atoms with Gasteiger partial charge in [0.1, 0.15) is 11.6 Å². The first-order chi connectivity index (χ1) is 14.3. The van der Waals surface area contributed by atoms with Crippen molar-refractivity contribution in [1.29, 1.82) is 0 Å². The predicted molar refractivity (Wildman–Crippen MR) is 108 cm³/mol. The highest BCUT2D eigenvalue weighted by Crippen LogP contribution is 2.19. The van der Waals surface area contributed by atoms with Crippen LogP contribution >= 0.6 is 0 Å². The molecule has 0 bridgehead atoms. The molecule has 3 aromatic rings. The summed E-state index contributed by atoms with van der Waals surface area (Å²) in [5.74, 6) is 1.21. The highest BCUT2D eigenvalue weighted by Gasteiger charge is 2.22. The van der Waals surface area contributed by atoms with Crippen molar-refractivity contribution in [3.05, 3.63) is 59.9 Å². The zero-order chi connectivity index (χ0) is 21.7. The fraction of sp³-hybridized carbons (Fsp3) is 0.211. The molecule has 0 aliphatic carbocycles. The minimum absolute atomic E-state index is 0.0547. The van der Waals surface area contributed by atoms with Gasteiger partial charge in [0.2, 0.25) is 0 Å². The van der Waals surface area contributed by atoms with Crippen molar-refractivity contribution < 1.29 is 22.8 Å². The Morgan fingerprint density at radius 2 is 1.90 bits per heavy atom. The number of methoxy groups -OCH3 is 1. The predicted octanol–water partition coefficient (Wildman–Crippen LogP) is 1.59. The van der Waals surface area contributed by atoms with Crippen LogP contribution in [0, 0.1) is 0 Å². The van der Waals surface area contributed by atoms with E-state index < -0.39 is 15.9 Å². The Bertz CT molecular complexity index is 1130. The lowest BCUT2D eigenvalue weighted by molar-refractivity contribution is -0.0258. The quantitative estimate of drug-likeness (QED) is 0.519. The molecule has 0 spiro atoms. The van der Waals surface area contributed by atoms with E-state index in [2.05, 4.69) is 20.5 Å². The molecule has 2 N–H and O–H groups in total. The summed E-state index contributed by atoms with van der Waals surface area (Å²) in [6.45, 7) is 0.0942. The molecular weight excluding hydrogens is 410 g/mol. The van der Waals surface area contributed by atoms with Crippen LogP contribution in [0.4, 0.5) is 0 Å². The molecule has 1 amide bonds. The highest BCUT2D eigenvalue weighted by molar-refractivity contribution is 7.89. The molecule has 30 heavy (non-hydrogen) atoms. The second-order valence-corrected chi connectivity index (χ2v) is 8.08. The normalized spacial score (nSPS) is 11.5. The molecule has 3 rings (SSSR count). The van der Waals surface area contributed by atoms with Gasteiger partial charge >= 0.3 is 0 Å². The lowest BCUT2D eigenvalue weighted by Crippen LogP contribution is -2.27. The summed E-state index contributed by atoms with van der Waals surface area (Å²) in [5.41, 5.74) is 0.986. The van der Waals surface area contributed by atoms with E-state index in [1.165, 1.54) is 38.4 Å². The van der Waals surface area contributed by atoms with Gasteiger partial charge in [-0.15, -0.1) is 0 Å². The van der Waals surface area contributed by atoms with Gasteiger partial charge < -0.3 is 10.1 Å². The highest BCUT2D eigenvalue weighted by atomic mass is 32.2. The molecule has 0 unspecified atom stereocenters. The first-order valence-corrected chi connectivity index (χ1v) is 10.3. The third-order valence-electron chi connectivity index (χ3n) is 4.29. The SMILES string of the molecule is COc1ccc(-c2n[nH]c(CNC(=O)c3cccc(S(=O)(=O)N(C)OC)c3)n2)cc1. The number of benzene rings is 2. The molecule has 0 saturated heterocycles. The van der Waals surface area contributed by atoms with Crippen LogP contribution in [-0.4, -0.2) is 55.2 Å². The van der Waals surface area contributed by atoms with E-state index in [1.54, 1.807) is 19.2 Å². The number of amides is 1. The summed E-state index contributed by atoms with van der Waals surface area (Å²) < 4.78 is 30.5. The zero-order valence-corrected chi connectivity index (χ0v) is 17.4. The van der Waals surface area contributed by atoms with E-state index in [0.29, 0.717) is 11.6 Å². The molecule has 1 aromatic heterocycles. The van der Waals surface area contributed by atoms with Crippen LogP contribution < -0.4 is 10.1 Å². The van der Waals surface area contributed by atoms with E-state index in [4.69, 9.17) is 9.57 Å². The van der Waals surface area contributed by atoms with Gasteiger partial charge in [-0.1, -0.05) is 10.5 Å². The number of H-pyrrole nitrogens is 1. The number of hydroxylamine groups is 1. The number of ether oxygens (including phenoxy) is 1. The Balaban J connectivity index is 1.68. The van der Waals surface area contributed by atoms with Crippen LogP contribution in [0.1, 0.15) is 16.2 Å². The van der Waals surface area contributed by atoms with Gasteiger partial charge in [0.05, 0.1) is 25.7 Å². The Morgan fingerprint density at radius 1 is 1.17 bits per heavy atom. The number of carbonyl (C=O) groups excluding carboxylic acids is 1. The lowest BCUT2D eigenvalue weighted by atomic mass is 10.2. The fourth-order valence-electron chi connectivity index (χ4n) is 2.55. The number of nitrogens with one attached hydrogen (secondary N) is 2. The standard InChI is InChI=1S/C19H21N5O5S/c1-24(29-3)30(26,27)16-6-4-5-14(11-16)19(25)20-12-17-21-18(23-22-17)13-7-9-15(28-2)10-8-13/h4-11H,12H2,1-3H3,(H,20,25)(H,21,22,23). The van der Waals surface area contributed by atoms with Crippen molar-refractivity contribution in [1.82, 2.24) is 25.0 Å². The van der Waals surface area contributed by atoms with Crippen LogP contribution in [-0.2, 0) is 21.4 Å². The Kier molecular flexibility index (Phi) is 6.45. The average Bonchev–Trinajstić information content (AvgIpc) is 3.26. The minimum atomic E-state index is -3.85. The molecule has 158 valence electrons. The molecular formula is C19H21N5O5S. The third kappa shape index (κ3) is 4.64. The second-order valence-electron chi connectivity index (χ2n) is 6.14. The number of hydrogen-bond donors (Lipinski definition) is 2. The topological polar surface area (TPSA) is 127 Å². The van der Waals surface area contributed by atoms with Crippen molar-refractivity contribution >= 4 is 15.9 Å². The largest absolute Gasteiger partial charge is 0.497 e. The van der Waals surface area contributed by atoms with Gasteiger partial charge in [-0.05, 0) is 42.5 Å².